The smallest absolute Gasteiger partial charge is 0.329 e. The first kappa shape index (κ1) is 17.2. The molecule has 2 atom stereocenters. The Morgan fingerprint density at radius 1 is 1.43 bits per heavy atom. The minimum Gasteiger partial charge on any atom is -0.458 e. The van der Waals surface area contributed by atoms with E-state index < -0.39 is 17.6 Å². The molecule has 2 N–H and O–H groups in total. The molecule has 1 aromatic rings. The average molecular weight is 295 g/mol. The fourth-order valence-corrected chi connectivity index (χ4v) is 1.78. The zero-order valence-corrected chi connectivity index (χ0v) is 13.6. The molecular formula is C15H25N3O3. The summed E-state index contributed by atoms with van der Waals surface area (Å²) in [4.78, 5) is 24.4. The highest BCUT2D eigenvalue weighted by Gasteiger charge is 2.31. The van der Waals surface area contributed by atoms with Crippen LogP contribution in [0.2, 0.25) is 0 Å². The number of nitrogens with zero attached hydrogens (tertiary/aromatic N) is 1. The Kier molecular flexibility index (Phi) is 5.52. The van der Waals surface area contributed by atoms with Crippen molar-refractivity contribution in [3.63, 3.8) is 0 Å². The monoisotopic (exact) mass is 295 g/mol. The number of aromatic amines is 1. The van der Waals surface area contributed by atoms with Crippen LogP contribution in [-0.4, -0.2) is 33.7 Å². The summed E-state index contributed by atoms with van der Waals surface area (Å²) in [6.07, 6.45) is 0.754. The molecule has 0 fully saturated rings. The minimum atomic E-state index is -0.682. The van der Waals surface area contributed by atoms with Crippen LogP contribution >= 0.6 is 0 Å². The predicted molar refractivity (Wildman–Crippen MR) is 79.9 cm³/mol. The number of hydrogen-bond acceptors (Lipinski definition) is 4. The lowest BCUT2D eigenvalue weighted by atomic mass is 9.98. The van der Waals surface area contributed by atoms with Crippen LogP contribution in [0.1, 0.15) is 57.2 Å². The Bertz CT molecular complexity index is 503. The second-order valence-corrected chi connectivity index (χ2v) is 6.31. The second kappa shape index (κ2) is 6.74. The first-order valence-electron chi connectivity index (χ1n) is 7.19. The molecule has 0 aliphatic rings. The fraction of sp³-hybridized carbons (Fsp3) is 0.667. The van der Waals surface area contributed by atoms with Crippen molar-refractivity contribution in [2.45, 2.75) is 59.6 Å². The van der Waals surface area contributed by atoms with Gasteiger partial charge in [-0.3, -0.25) is 9.89 Å². The quantitative estimate of drug-likeness (QED) is 0.816. The standard InChI is InChI=1S/C15H25N3O3/c1-7-9(2)12(14(20)21-15(4,5)6)16-13(19)11-8-10(3)17-18-11/h8-9,12H,7H2,1-6H3,(H,16,19)(H,17,18)/t9-,12-/m0/s1. The summed E-state index contributed by atoms with van der Waals surface area (Å²) in [6, 6.07) is 0.955. The van der Waals surface area contributed by atoms with Gasteiger partial charge in [-0.2, -0.15) is 5.10 Å². The van der Waals surface area contributed by atoms with Crippen LogP contribution in [0.3, 0.4) is 0 Å². The number of aromatic nitrogens is 2. The van der Waals surface area contributed by atoms with Crippen molar-refractivity contribution in [3.05, 3.63) is 17.5 Å². The van der Waals surface area contributed by atoms with Gasteiger partial charge in [0.25, 0.3) is 5.91 Å². The van der Waals surface area contributed by atoms with Crippen LogP contribution in [0.25, 0.3) is 0 Å². The number of esters is 1. The number of carbonyl (C=O) groups is 2. The molecule has 6 nitrogen and oxygen atoms in total. The van der Waals surface area contributed by atoms with E-state index >= 15 is 0 Å². The maximum atomic E-state index is 12.3. The summed E-state index contributed by atoms with van der Waals surface area (Å²) in [7, 11) is 0. The maximum absolute atomic E-state index is 12.3. The molecule has 0 bridgehead atoms. The molecule has 0 aliphatic heterocycles. The van der Waals surface area contributed by atoms with E-state index in [1.807, 2.05) is 20.8 Å². The molecule has 1 heterocycles. The summed E-state index contributed by atoms with van der Waals surface area (Å²) >= 11 is 0. The van der Waals surface area contributed by atoms with Gasteiger partial charge in [0.05, 0.1) is 0 Å². The second-order valence-electron chi connectivity index (χ2n) is 6.31. The number of H-pyrrole nitrogens is 1. The highest BCUT2D eigenvalue weighted by molar-refractivity contribution is 5.95. The highest BCUT2D eigenvalue weighted by Crippen LogP contribution is 2.15. The zero-order valence-electron chi connectivity index (χ0n) is 13.6. The van der Waals surface area contributed by atoms with Crippen molar-refractivity contribution in [1.82, 2.24) is 15.5 Å². The van der Waals surface area contributed by atoms with Gasteiger partial charge in [-0.15, -0.1) is 0 Å². The predicted octanol–water partition coefficient (Wildman–Crippen LogP) is 2.20. The summed E-state index contributed by atoms with van der Waals surface area (Å²) < 4.78 is 5.38. The molecule has 1 aromatic heterocycles. The Balaban J connectivity index is 2.83. The van der Waals surface area contributed by atoms with E-state index in [0.29, 0.717) is 0 Å². The van der Waals surface area contributed by atoms with E-state index in [1.54, 1.807) is 26.8 Å². The first-order chi connectivity index (χ1) is 9.64. The van der Waals surface area contributed by atoms with E-state index in [1.165, 1.54) is 0 Å². The SMILES string of the molecule is CC[C@H](C)[C@H](NC(=O)c1cc(C)[nH]n1)C(=O)OC(C)(C)C. The summed E-state index contributed by atoms with van der Waals surface area (Å²) in [5.74, 6) is -0.822. The molecule has 0 aliphatic carbocycles. The third-order valence-electron chi connectivity index (χ3n) is 3.10. The number of nitrogens with one attached hydrogen (secondary N) is 2. The average Bonchev–Trinajstić information content (AvgIpc) is 2.79. The van der Waals surface area contributed by atoms with Crippen molar-refractivity contribution in [2.24, 2.45) is 5.92 Å². The maximum Gasteiger partial charge on any atom is 0.329 e. The number of ether oxygens (including phenoxy) is 1. The Labute approximate surface area is 125 Å². The molecular weight excluding hydrogens is 270 g/mol. The van der Waals surface area contributed by atoms with E-state index in [0.717, 1.165) is 12.1 Å². The molecule has 118 valence electrons. The molecule has 0 spiro atoms. The molecule has 0 saturated heterocycles. The molecule has 0 saturated carbocycles. The van der Waals surface area contributed by atoms with Gasteiger partial charge in [0.15, 0.2) is 0 Å². The van der Waals surface area contributed by atoms with E-state index in [4.69, 9.17) is 4.74 Å². The summed E-state index contributed by atoms with van der Waals surface area (Å²) in [6.45, 7) is 11.1. The fourth-order valence-electron chi connectivity index (χ4n) is 1.78. The van der Waals surface area contributed by atoms with Gasteiger partial charge in [-0.1, -0.05) is 20.3 Å². The molecule has 6 heteroatoms. The van der Waals surface area contributed by atoms with Gasteiger partial charge < -0.3 is 10.1 Å². The van der Waals surface area contributed by atoms with Crippen molar-refractivity contribution in [3.8, 4) is 0 Å². The molecule has 0 radical (unpaired) electrons. The Morgan fingerprint density at radius 3 is 2.48 bits per heavy atom. The third kappa shape index (κ3) is 5.21. The number of amides is 1. The van der Waals surface area contributed by atoms with Gasteiger partial charge in [0.2, 0.25) is 0 Å². The molecule has 21 heavy (non-hydrogen) atoms. The largest absolute Gasteiger partial charge is 0.458 e. The Hall–Kier alpha value is -1.85. The van der Waals surface area contributed by atoms with Crippen LogP contribution in [0.4, 0.5) is 0 Å². The number of carbonyl (C=O) groups excluding carboxylic acids is 2. The molecule has 1 rings (SSSR count). The number of rotatable bonds is 5. The number of hydrogen-bond donors (Lipinski definition) is 2. The van der Waals surface area contributed by atoms with Crippen molar-refractivity contribution in [2.75, 3.05) is 0 Å². The van der Waals surface area contributed by atoms with Crippen LogP contribution < -0.4 is 5.32 Å². The lowest BCUT2D eigenvalue weighted by molar-refractivity contribution is -0.158. The normalized spacial score (nSPS) is 14.4. The highest BCUT2D eigenvalue weighted by atomic mass is 16.6. The van der Waals surface area contributed by atoms with Crippen molar-refractivity contribution < 1.29 is 14.3 Å². The van der Waals surface area contributed by atoms with Crippen LogP contribution in [0.5, 0.6) is 0 Å². The van der Waals surface area contributed by atoms with E-state index in [2.05, 4.69) is 15.5 Å². The topological polar surface area (TPSA) is 84.1 Å². The zero-order chi connectivity index (χ0) is 16.2. The third-order valence-corrected chi connectivity index (χ3v) is 3.10. The van der Waals surface area contributed by atoms with Crippen LogP contribution in [0, 0.1) is 12.8 Å². The summed E-state index contributed by atoms with van der Waals surface area (Å²) in [5.41, 5.74) is 0.470. The van der Waals surface area contributed by atoms with Crippen molar-refractivity contribution >= 4 is 11.9 Å². The molecule has 0 aromatic carbocycles. The first-order valence-corrected chi connectivity index (χ1v) is 7.19. The van der Waals surface area contributed by atoms with E-state index in [-0.39, 0.29) is 17.5 Å². The lowest BCUT2D eigenvalue weighted by Gasteiger charge is -2.27. The lowest BCUT2D eigenvalue weighted by Crippen LogP contribution is -2.47. The minimum absolute atomic E-state index is 0.0242. The number of aryl methyl sites for hydroxylation is 1. The molecule has 1 amide bonds. The van der Waals surface area contributed by atoms with Gasteiger partial charge in [0.1, 0.15) is 17.3 Å². The van der Waals surface area contributed by atoms with Gasteiger partial charge in [-0.25, -0.2) is 4.79 Å². The van der Waals surface area contributed by atoms with Crippen LogP contribution in [-0.2, 0) is 9.53 Å². The van der Waals surface area contributed by atoms with Crippen LogP contribution in [0.15, 0.2) is 6.07 Å². The van der Waals surface area contributed by atoms with Crippen molar-refractivity contribution in [1.29, 1.82) is 0 Å². The van der Waals surface area contributed by atoms with Gasteiger partial charge >= 0.3 is 5.97 Å². The van der Waals surface area contributed by atoms with Gasteiger partial charge in [0, 0.05) is 5.69 Å². The Morgan fingerprint density at radius 2 is 2.05 bits per heavy atom. The molecule has 0 unspecified atom stereocenters. The van der Waals surface area contributed by atoms with E-state index in [9.17, 15) is 9.59 Å². The summed E-state index contributed by atoms with van der Waals surface area (Å²) in [5, 5.41) is 9.33. The van der Waals surface area contributed by atoms with Gasteiger partial charge in [-0.05, 0) is 39.7 Å².